The summed E-state index contributed by atoms with van der Waals surface area (Å²) in [5.41, 5.74) is 0. The summed E-state index contributed by atoms with van der Waals surface area (Å²) < 4.78 is 170. The van der Waals surface area contributed by atoms with E-state index in [1.807, 2.05) is 0 Å². The Kier molecular flexibility index (Phi) is 5.77. The third-order valence-electron chi connectivity index (χ3n) is 3.39. The second-order valence-corrected chi connectivity index (χ2v) is 5.37. The first-order valence-electron chi connectivity index (χ1n) is 6.74. The highest BCUT2D eigenvalue weighted by Crippen LogP contribution is 2.58. The predicted molar refractivity (Wildman–Crippen MR) is 61.9 cm³/mol. The Hall–Kier alpha value is -1.76. The summed E-state index contributed by atoms with van der Waals surface area (Å²) in [4.78, 5) is 0. The van der Waals surface area contributed by atoms with Gasteiger partial charge in [-0.1, -0.05) is 6.07 Å². The van der Waals surface area contributed by atoms with Gasteiger partial charge >= 0.3 is 35.9 Å². The van der Waals surface area contributed by atoms with E-state index in [1.165, 1.54) is 0 Å². The third kappa shape index (κ3) is 3.93. The first-order valence-corrected chi connectivity index (χ1v) is 6.74. The van der Waals surface area contributed by atoms with Gasteiger partial charge in [0.1, 0.15) is 0 Å². The van der Waals surface area contributed by atoms with Gasteiger partial charge in [-0.05, 0) is 0 Å². The molecule has 0 aliphatic carbocycles. The first-order chi connectivity index (χ1) is 11.8. The molecule has 0 N–H and O–H groups in total. The molecule has 0 atom stereocenters. The monoisotopic (exact) mass is 426 g/mol. The lowest BCUT2D eigenvalue weighted by Crippen LogP contribution is -2.72. The van der Waals surface area contributed by atoms with E-state index in [0.29, 0.717) is 12.1 Å². The van der Waals surface area contributed by atoms with Crippen molar-refractivity contribution < 1.29 is 61.6 Å². The Morgan fingerprint density at radius 3 is 1.37 bits per heavy atom. The van der Waals surface area contributed by atoms with Crippen molar-refractivity contribution in [3.8, 4) is 0 Å². The molecule has 1 nitrogen and oxygen atoms in total. The van der Waals surface area contributed by atoms with Gasteiger partial charge in [0.2, 0.25) is 0 Å². The molecule has 156 valence electrons. The molecule has 1 aromatic rings. The zero-order valence-corrected chi connectivity index (χ0v) is 12.7. The number of alkyl halides is 13. The fourth-order valence-corrected chi connectivity index (χ4v) is 1.82. The molecule has 0 aromatic carbocycles. The van der Waals surface area contributed by atoms with Gasteiger partial charge < -0.3 is 0 Å². The summed E-state index contributed by atoms with van der Waals surface area (Å²) in [5, 5.41) is 0. The van der Waals surface area contributed by atoms with Crippen molar-refractivity contribution in [2.24, 2.45) is 0 Å². The van der Waals surface area contributed by atoms with Crippen LogP contribution in [0.1, 0.15) is 12.8 Å². The summed E-state index contributed by atoms with van der Waals surface area (Å²) in [6.45, 7) is 0. The van der Waals surface area contributed by atoms with Crippen LogP contribution in [0.3, 0.4) is 0 Å². The molecule has 0 spiro atoms. The third-order valence-corrected chi connectivity index (χ3v) is 3.39. The number of hydrogen-bond donors (Lipinski definition) is 0. The van der Waals surface area contributed by atoms with Crippen LogP contribution in [0.4, 0.5) is 57.1 Å². The van der Waals surface area contributed by atoms with Crippen molar-refractivity contribution in [1.29, 1.82) is 0 Å². The van der Waals surface area contributed by atoms with Crippen LogP contribution in [-0.2, 0) is 6.05 Å². The average Bonchev–Trinajstić information content (AvgIpc) is 2.52. The van der Waals surface area contributed by atoms with E-state index in [1.54, 1.807) is 0 Å². The van der Waals surface area contributed by atoms with E-state index >= 15 is 0 Å². The fraction of sp³-hybridized carbons (Fsp3) is 0.615. The van der Waals surface area contributed by atoms with Crippen LogP contribution in [0, 0.1) is 0 Å². The minimum absolute atomic E-state index is 0.0733. The van der Waals surface area contributed by atoms with E-state index in [-0.39, 0.29) is 12.4 Å². The standard InChI is InChI=1S/C13H9F13N/c14-8(15,4-5-9(16,17)18)10(19,20)11(21,22)12(23,24)13(25,26)27-6-2-1-3-7-27/h1-3,6-7H,4-5H2/q+1. The lowest BCUT2D eigenvalue weighted by Gasteiger charge is -2.37. The molecule has 0 aliphatic heterocycles. The minimum atomic E-state index is -7.42. The number of nitrogens with zero attached hydrogens (tertiary/aromatic N) is 1. The molecule has 1 aromatic heterocycles. The summed E-state index contributed by atoms with van der Waals surface area (Å²) in [5.74, 6) is -28.1. The summed E-state index contributed by atoms with van der Waals surface area (Å²) in [6.07, 6.45) is -11.1. The molecule has 0 radical (unpaired) electrons. The number of hydrogen-bond acceptors (Lipinski definition) is 0. The molecule has 14 heteroatoms. The van der Waals surface area contributed by atoms with Crippen molar-refractivity contribution in [2.75, 3.05) is 0 Å². The first kappa shape index (κ1) is 23.3. The molecule has 1 rings (SSSR count). The SMILES string of the molecule is FC(F)(F)CCC(F)(F)C(F)(F)C(F)(F)C(F)(F)C(F)(F)[n+]1ccccc1. The number of rotatable bonds is 7. The van der Waals surface area contributed by atoms with Crippen molar-refractivity contribution in [1.82, 2.24) is 0 Å². The Bertz CT molecular complexity index is 635. The zero-order chi connectivity index (χ0) is 21.5. The lowest BCUT2D eigenvalue weighted by molar-refractivity contribution is -0.849. The normalized spacial score (nSPS) is 15.1. The molecular formula is C13H9F13N+. The van der Waals surface area contributed by atoms with Crippen LogP contribution in [0.15, 0.2) is 30.6 Å². The van der Waals surface area contributed by atoms with E-state index in [0.717, 1.165) is 6.07 Å². The van der Waals surface area contributed by atoms with Crippen LogP contribution in [-0.4, -0.2) is 29.9 Å². The molecule has 0 aliphatic rings. The lowest BCUT2D eigenvalue weighted by atomic mass is 9.94. The van der Waals surface area contributed by atoms with Gasteiger partial charge in [0.15, 0.2) is 12.4 Å². The fourth-order valence-electron chi connectivity index (χ4n) is 1.82. The van der Waals surface area contributed by atoms with Gasteiger partial charge in [0.25, 0.3) is 0 Å². The summed E-state index contributed by atoms with van der Waals surface area (Å²) in [6, 6.07) is -3.92. The second-order valence-electron chi connectivity index (χ2n) is 5.37. The molecule has 27 heavy (non-hydrogen) atoms. The maximum Gasteiger partial charge on any atom is 0.534 e. The molecular weight excluding hydrogens is 417 g/mol. The minimum Gasteiger partial charge on any atom is -0.200 e. The molecule has 0 saturated heterocycles. The maximum absolute atomic E-state index is 13.7. The Morgan fingerprint density at radius 1 is 0.519 bits per heavy atom. The second kappa shape index (κ2) is 6.69. The highest BCUT2D eigenvalue weighted by molar-refractivity contribution is 5.05. The molecule has 0 saturated carbocycles. The molecule has 0 fully saturated rings. The quantitative estimate of drug-likeness (QED) is 0.406. The van der Waals surface area contributed by atoms with Crippen LogP contribution >= 0.6 is 0 Å². The van der Waals surface area contributed by atoms with Crippen molar-refractivity contribution in [3.63, 3.8) is 0 Å². The Morgan fingerprint density at radius 2 is 0.963 bits per heavy atom. The predicted octanol–water partition coefficient (Wildman–Crippen LogP) is 5.41. The van der Waals surface area contributed by atoms with E-state index in [9.17, 15) is 57.1 Å². The highest BCUT2D eigenvalue weighted by atomic mass is 19.4. The largest absolute Gasteiger partial charge is 0.534 e. The van der Waals surface area contributed by atoms with Gasteiger partial charge in [0.05, 0.1) is 0 Å². The Labute approximate surface area is 142 Å². The van der Waals surface area contributed by atoms with Gasteiger partial charge in [-0.2, -0.15) is 48.3 Å². The van der Waals surface area contributed by atoms with Gasteiger partial charge in [-0.15, -0.1) is 13.3 Å². The van der Waals surface area contributed by atoms with Gasteiger partial charge in [-0.25, -0.2) is 0 Å². The van der Waals surface area contributed by atoms with Crippen LogP contribution < -0.4 is 4.57 Å². The number of halogens is 13. The average molecular weight is 426 g/mol. The van der Waals surface area contributed by atoms with Crippen LogP contribution in [0.25, 0.3) is 0 Å². The van der Waals surface area contributed by atoms with Gasteiger partial charge in [0, 0.05) is 25.0 Å². The van der Waals surface area contributed by atoms with E-state index in [4.69, 9.17) is 0 Å². The van der Waals surface area contributed by atoms with E-state index in [2.05, 4.69) is 0 Å². The van der Waals surface area contributed by atoms with Crippen LogP contribution in [0.5, 0.6) is 0 Å². The zero-order valence-electron chi connectivity index (χ0n) is 12.7. The smallest absolute Gasteiger partial charge is 0.200 e. The summed E-state index contributed by atoms with van der Waals surface area (Å²) in [7, 11) is 0. The van der Waals surface area contributed by atoms with E-state index < -0.39 is 53.3 Å². The molecule has 0 bridgehead atoms. The number of aromatic nitrogens is 1. The van der Waals surface area contributed by atoms with Crippen molar-refractivity contribution >= 4 is 0 Å². The maximum atomic E-state index is 13.7. The Balaban J connectivity index is 3.35. The molecule has 1 heterocycles. The van der Waals surface area contributed by atoms with Crippen molar-refractivity contribution in [2.45, 2.75) is 48.8 Å². The van der Waals surface area contributed by atoms with Crippen LogP contribution in [0.2, 0.25) is 0 Å². The van der Waals surface area contributed by atoms with Crippen molar-refractivity contribution in [3.05, 3.63) is 30.6 Å². The highest BCUT2D eigenvalue weighted by Gasteiger charge is 2.89. The van der Waals surface area contributed by atoms with Gasteiger partial charge in [-0.3, -0.25) is 0 Å². The summed E-state index contributed by atoms with van der Waals surface area (Å²) >= 11 is 0. The molecule has 0 amide bonds. The topological polar surface area (TPSA) is 3.88 Å². The molecule has 0 unspecified atom stereocenters. The number of pyridine rings is 1.